The van der Waals surface area contributed by atoms with Crippen LogP contribution in [0.15, 0.2) is 97.2 Å². The zero-order valence-electron chi connectivity index (χ0n) is 49.6. The van der Waals surface area contributed by atoms with Crippen LogP contribution in [0.4, 0.5) is 0 Å². The van der Waals surface area contributed by atoms with Crippen LogP contribution in [0.25, 0.3) is 0 Å². The van der Waals surface area contributed by atoms with Gasteiger partial charge in [0.15, 0.2) is 6.10 Å². The lowest BCUT2D eigenvalue weighted by Gasteiger charge is -2.21. The molecule has 0 aliphatic carbocycles. The number of phosphoric acid groups is 1. The Morgan fingerprint density at radius 3 is 1.15 bits per heavy atom. The van der Waals surface area contributed by atoms with Gasteiger partial charge in [0.1, 0.15) is 12.7 Å². The summed E-state index contributed by atoms with van der Waals surface area (Å²) in [6.07, 6.45) is 71.0. The van der Waals surface area contributed by atoms with Crippen LogP contribution in [0.3, 0.4) is 0 Å². The monoisotopic (exact) mass is 1110 g/mol. The Balaban J connectivity index is 4.80. The van der Waals surface area contributed by atoms with Crippen molar-refractivity contribution in [1.29, 1.82) is 0 Å². The molecule has 0 radical (unpaired) electrons. The summed E-state index contributed by atoms with van der Waals surface area (Å²) in [6, 6.07) is 0. The zero-order chi connectivity index (χ0) is 56.9. The second-order valence-corrected chi connectivity index (χ2v) is 22.0. The minimum absolute atomic E-state index is 0.0582. The molecule has 0 fully saturated rings. The molecule has 0 bridgehead atoms. The van der Waals surface area contributed by atoms with Crippen molar-refractivity contribution in [2.75, 3.05) is 26.4 Å². The Morgan fingerprint density at radius 2 is 0.718 bits per heavy atom. The first-order valence-corrected chi connectivity index (χ1v) is 32.6. The van der Waals surface area contributed by atoms with E-state index in [1.807, 2.05) is 18.2 Å². The van der Waals surface area contributed by atoms with Crippen LogP contribution in [-0.4, -0.2) is 66.5 Å². The Kier molecular flexibility index (Phi) is 56.8. The fourth-order valence-corrected chi connectivity index (χ4v) is 9.11. The minimum Gasteiger partial charge on any atom is -0.462 e. The number of carbonyl (C=O) groups excluding carboxylic acids is 3. The van der Waals surface area contributed by atoms with Gasteiger partial charge in [-0.2, -0.15) is 0 Å². The topological polar surface area (TPSA) is 155 Å². The number of aliphatic hydroxyl groups excluding tert-OH is 1. The van der Waals surface area contributed by atoms with Crippen LogP contribution in [0.5, 0.6) is 0 Å². The van der Waals surface area contributed by atoms with Crippen molar-refractivity contribution in [3.63, 3.8) is 0 Å². The van der Waals surface area contributed by atoms with Crippen molar-refractivity contribution >= 4 is 25.7 Å². The van der Waals surface area contributed by atoms with Gasteiger partial charge >= 0.3 is 25.7 Å². The third kappa shape index (κ3) is 57.1. The van der Waals surface area contributed by atoms with E-state index in [4.69, 9.17) is 23.3 Å². The number of rotatable bonds is 57. The number of phosphoric ester groups is 1. The highest BCUT2D eigenvalue weighted by molar-refractivity contribution is 7.47. The van der Waals surface area contributed by atoms with Gasteiger partial charge in [0, 0.05) is 12.8 Å². The lowest BCUT2D eigenvalue weighted by molar-refractivity contribution is -0.161. The maximum atomic E-state index is 12.9. The summed E-state index contributed by atoms with van der Waals surface area (Å²) in [5.74, 6) is -1.61. The molecule has 2 N–H and O–H groups in total. The molecule has 0 aliphatic heterocycles. The Bertz CT molecular complexity index is 1680. The van der Waals surface area contributed by atoms with Crippen molar-refractivity contribution in [1.82, 2.24) is 0 Å². The largest absolute Gasteiger partial charge is 0.472 e. The summed E-state index contributed by atoms with van der Waals surface area (Å²) in [6.45, 7) is 4.41. The molecule has 0 saturated heterocycles. The standard InChI is InChI=1S/C66H113O11P/c1-4-7-10-13-16-19-22-25-28-30-31-33-35-37-40-43-46-49-52-55-64(68)73-59-63(77-66(70)57-54-51-48-45-42-39-36-32-29-26-23-20-17-14-11-8-5-2)61-75-78(71,72)74-60-62(58-67)76-65(69)56-53-50-47-44-41-38-34-27-24-21-18-15-12-9-6-3/h9,12,16,18-19,21,25,27-28,31,33-34,41,44,50,53,62-63,67H,4-8,10-11,13-15,17,20,22-24,26,29-30,32,35-40,42-43,45-49,51-52,54-61H2,1-3H3,(H,71,72)/b12-9-,19-16-,21-18-,28-25-,33-31-,34-27-,44-41-,53-50-. The van der Waals surface area contributed by atoms with Gasteiger partial charge in [-0.3, -0.25) is 23.4 Å². The van der Waals surface area contributed by atoms with Crippen molar-refractivity contribution < 1.29 is 52.2 Å². The summed E-state index contributed by atoms with van der Waals surface area (Å²) < 4.78 is 39.5. The molecule has 0 rings (SSSR count). The van der Waals surface area contributed by atoms with Crippen LogP contribution in [0.2, 0.25) is 0 Å². The van der Waals surface area contributed by atoms with E-state index in [1.54, 1.807) is 6.08 Å². The summed E-state index contributed by atoms with van der Waals surface area (Å²) in [7, 11) is -4.78. The van der Waals surface area contributed by atoms with E-state index < -0.39 is 57.8 Å². The number of allylic oxidation sites excluding steroid dienone is 15. The first kappa shape index (κ1) is 74.4. The molecule has 0 aromatic carbocycles. The maximum absolute atomic E-state index is 12.9. The average Bonchev–Trinajstić information content (AvgIpc) is 3.43. The van der Waals surface area contributed by atoms with Gasteiger partial charge in [-0.1, -0.05) is 259 Å². The predicted molar refractivity (Wildman–Crippen MR) is 325 cm³/mol. The number of carbonyl (C=O) groups is 3. The SMILES string of the molecule is CC/C=C\C/C=C\C/C=C\C/C=C\C/C=C\CC(=O)OC(CO)COP(=O)(O)OCC(COC(=O)CCCCCCCC/C=C\C/C=C\C/C=C\CCCCC)OC(=O)CCCCCCCCCCCCCCCCCCC. The summed E-state index contributed by atoms with van der Waals surface area (Å²) >= 11 is 0. The van der Waals surface area contributed by atoms with Crippen LogP contribution >= 0.6 is 7.82 Å². The molecule has 0 aliphatic rings. The summed E-state index contributed by atoms with van der Waals surface area (Å²) in [5, 5.41) is 9.81. The van der Waals surface area contributed by atoms with Crippen molar-refractivity contribution in [2.45, 2.75) is 277 Å². The van der Waals surface area contributed by atoms with Gasteiger partial charge in [0.2, 0.25) is 0 Å². The highest BCUT2D eigenvalue weighted by Crippen LogP contribution is 2.43. The van der Waals surface area contributed by atoms with E-state index >= 15 is 0 Å². The minimum atomic E-state index is -4.78. The highest BCUT2D eigenvalue weighted by atomic mass is 31.2. The average molecular weight is 1110 g/mol. The summed E-state index contributed by atoms with van der Waals surface area (Å²) in [5.41, 5.74) is 0. The molecule has 0 amide bonds. The molecule has 78 heavy (non-hydrogen) atoms. The Labute approximate surface area is 476 Å². The zero-order valence-corrected chi connectivity index (χ0v) is 50.5. The van der Waals surface area contributed by atoms with Gasteiger partial charge in [0.05, 0.1) is 26.2 Å². The van der Waals surface area contributed by atoms with Gasteiger partial charge < -0.3 is 24.2 Å². The molecular formula is C66H113O11P. The second-order valence-electron chi connectivity index (χ2n) is 20.5. The predicted octanol–water partition coefficient (Wildman–Crippen LogP) is 18.8. The molecule has 3 unspecified atom stereocenters. The van der Waals surface area contributed by atoms with Crippen LogP contribution in [-0.2, 0) is 42.2 Å². The van der Waals surface area contributed by atoms with E-state index in [0.717, 1.165) is 96.3 Å². The Morgan fingerprint density at radius 1 is 0.385 bits per heavy atom. The molecular weight excluding hydrogens is 1000 g/mol. The fourth-order valence-electron chi connectivity index (χ4n) is 8.32. The third-order valence-corrected chi connectivity index (χ3v) is 14.0. The quantitative estimate of drug-likeness (QED) is 0.0197. The summed E-state index contributed by atoms with van der Waals surface area (Å²) in [4.78, 5) is 48.6. The fraction of sp³-hybridized carbons (Fsp3) is 0.712. The smallest absolute Gasteiger partial charge is 0.462 e. The number of aliphatic hydroxyl groups is 1. The molecule has 3 atom stereocenters. The van der Waals surface area contributed by atoms with E-state index in [0.29, 0.717) is 19.3 Å². The first-order chi connectivity index (χ1) is 38.2. The molecule has 0 spiro atoms. The van der Waals surface area contributed by atoms with E-state index in [-0.39, 0.29) is 25.9 Å². The lowest BCUT2D eigenvalue weighted by Crippen LogP contribution is -2.30. The van der Waals surface area contributed by atoms with E-state index in [2.05, 4.69) is 93.7 Å². The van der Waals surface area contributed by atoms with Gasteiger partial charge in [-0.15, -0.1) is 0 Å². The first-order valence-electron chi connectivity index (χ1n) is 31.1. The number of ether oxygens (including phenoxy) is 3. The van der Waals surface area contributed by atoms with Gasteiger partial charge in [-0.05, 0) is 83.5 Å². The maximum Gasteiger partial charge on any atom is 0.472 e. The number of esters is 3. The Hall–Kier alpha value is -3.60. The van der Waals surface area contributed by atoms with Crippen LogP contribution in [0.1, 0.15) is 265 Å². The van der Waals surface area contributed by atoms with Gasteiger partial charge in [-0.25, -0.2) is 4.57 Å². The third-order valence-electron chi connectivity index (χ3n) is 13.0. The van der Waals surface area contributed by atoms with E-state index in [9.17, 15) is 28.9 Å². The second kappa shape index (κ2) is 59.5. The molecule has 11 nitrogen and oxygen atoms in total. The van der Waals surface area contributed by atoms with Crippen molar-refractivity contribution in [3.8, 4) is 0 Å². The van der Waals surface area contributed by atoms with Gasteiger partial charge in [0.25, 0.3) is 0 Å². The number of hydrogen-bond donors (Lipinski definition) is 2. The normalized spacial score (nSPS) is 14.0. The number of unbranched alkanes of at least 4 members (excludes halogenated alkanes) is 25. The van der Waals surface area contributed by atoms with Crippen molar-refractivity contribution in [3.05, 3.63) is 97.2 Å². The molecule has 0 heterocycles. The molecule has 0 saturated carbocycles. The molecule has 0 aromatic rings. The number of hydrogen-bond acceptors (Lipinski definition) is 10. The molecule has 12 heteroatoms. The van der Waals surface area contributed by atoms with Crippen molar-refractivity contribution in [2.24, 2.45) is 0 Å². The van der Waals surface area contributed by atoms with E-state index in [1.165, 1.54) is 109 Å². The molecule has 0 aromatic heterocycles. The van der Waals surface area contributed by atoms with Crippen LogP contribution in [0, 0.1) is 0 Å². The molecule has 448 valence electrons. The van der Waals surface area contributed by atoms with Crippen LogP contribution < -0.4 is 0 Å². The highest BCUT2D eigenvalue weighted by Gasteiger charge is 2.28. The lowest BCUT2D eigenvalue weighted by atomic mass is 10.0.